The molecule has 0 saturated heterocycles. The first kappa shape index (κ1) is 19.8. The molecule has 23 heavy (non-hydrogen) atoms. The molecule has 0 atom stereocenters. The number of anilines is 1. The van der Waals surface area contributed by atoms with Crippen LogP contribution in [0.4, 0.5) is 23.1 Å². The molecule has 0 fully saturated rings. The zero-order valence-corrected chi connectivity index (χ0v) is 14.6. The number of aromatic nitrogens is 2. The van der Waals surface area contributed by atoms with Crippen LogP contribution in [0, 0.1) is 9.87 Å². The van der Waals surface area contributed by atoms with Crippen molar-refractivity contribution in [3.05, 3.63) is 3.95 Å². The van der Waals surface area contributed by atoms with Crippen molar-refractivity contribution in [3.63, 3.8) is 0 Å². The molecular weight excluding hydrogens is 353 g/mol. The molecule has 1 rings (SSSR count). The summed E-state index contributed by atoms with van der Waals surface area (Å²) >= 11 is 6.08. The van der Waals surface area contributed by atoms with E-state index in [9.17, 15) is 18.0 Å². The number of hydrogen-bond acceptors (Lipinski definition) is 6. The molecule has 0 unspecified atom stereocenters. The van der Waals surface area contributed by atoms with E-state index in [0.717, 1.165) is 11.3 Å². The highest BCUT2D eigenvalue weighted by Crippen LogP contribution is 2.20. The van der Waals surface area contributed by atoms with Crippen LogP contribution in [0.15, 0.2) is 0 Å². The van der Waals surface area contributed by atoms with Crippen LogP contribution in [0.5, 0.6) is 0 Å². The van der Waals surface area contributed by atoms with Crippen molar-refractivity contribution in [3.8, 4) is 0 Å². The normalized spacial score (nSPS) is 12.0. The monoisotopic (exact) mass is 372 g/mol. The lowest BCUT2D eigenvalue weighted by molar-refractivity contribution is -0.150. The van der Waals surface area contributed by atoms with Crippen LogP contribution in [0.2, 0.25) is 0 Å². The van der Waals surface area contributed by atoms with Gasteiger partial charge in [-0.2, -0.15) is 13.2 Å². The highest BCUT2D eigenvalue weighted by atomic mass is 32.1. The number of carbonyl (C=O) groups excluding carboxylic acids is 1. The Morgan fingerprint density at radius 3 is 2.70 bits per heavy atom. The summed E-state index contributed by atoms with van der Waals surface area (Å²) < 4.78 is 44.2. The molecule has 1 N–H and O–H groups in total. The van der Waals surface area contributed by atoms with Gasteiger partial charge in [-0.25, -0.2) is 9.48 Å². The number of carbonyl (C=O) groups is 1. The van der Waals surface area contributed by atoms with E-state index in [1.54, 1.807) is 6.92 Å². The molecule has 1 heterocycles. The Morgan fingerprint density at radius 1 is 1.52 bits per heavy atom. The molecule has 1 aromatic heterocycles. The van der Waals surface area contributed by atoms with Gasteiger partial charge in [0.15, 0.2) is 3.95 Å². The predicted molar refractivity (Wildman–Crippen MR) is 84.0 cm³/mol. The van der Waals surface area contributed by atoms with E-state index < -0.39 is 18.8 Å². The maximum atomic E-state index is 12.7. The van der Waals surface area contributed by atoms with Crippen LogP contribution < -0.4 is 5.32 Å². The number of nitrogens with one attached hydrogen (secondary N) is 1. The van der Waals surface area contributed by atoms with Crippen LogP contribution in [0.3, 0.4) is 0 Å². The SMILES string of the molecule is CCOC(=O)Nc1nn(CN(CC(C)C)CC(F)(F)F)c(=S)s1. The van der Waals surface area contributed by atoms with Crippen molar-refractivity contribution < 1.29 is 22.7 Å². The first-order valence-electron chi connectivity index (χ1n) is 6.91. The van der Waals surface area contributed by atoms with Gasteiger partial charge in [-0.1, -0.05) is 25.2 Å². The summed E-state index contributed by atoms with van der Waals surface area (Å²) in [6.45, 7) is 4.61. The number of amides is 1. The Labute approximate surface area is 141 Å². The fraction of sp³-hybridized carbons (Fsp3) is 0.750. The van der Waals surface area contributed by atoms with Gasteiger partial charge in [0.1, 0.15) is 0 Å². The molecule has 0 aliphatic rings. The molecule has 132 valence electrons. The predicted octanol–water partition coefficient (Wildman–Crippen LogP) is 3.72. The molecule has 0 saturated carbocycles. The third-order valence-electron chi connectivity index (χ3n) is 2.45. The number of halogens is 3. The van der Waals surface area contributed by atoms with E-state index in [2.05, 4.69) is 10.4 Å². The van der Waals surface area contributed by atoms with Gasteiger partial charge >= 0.3 is 12.3 Å². The minimum absolute atomic E-state index is 0.0577. The molecule has 6 nitrogen and oxygen atoms in total. The largest absolute Gasteiger partial charge is 0.450 e. The first-order chi connectivity index (χ1) is 10.6. The van der Waals surface area contributed by atoms with Gasteiger partial charge in [0, 0.05) is 6.54 Å². The molecule has 0 aliphatic carbocycles. The summed E-state index contributed by atoms with van der Waals surface area (Å²) in [5.41, 5.74) is 0. The Kier molecular flexibility index (Phi) is 7.42. The summed E-state index contributed by atoms with van der Waals surface area (Å²) in [4.78, 5) is 12.5. The zero-order chi connectivity index (χ0) is 17.6. The number of hydrogen-bond donors (Lipinski definition) is 1. The van der Waals surface area contributed by atoms with Gasteiger partial charge in [-0.05, 0) is 25.1 Å². The second-order valence-electron chi connectivity index (χ2n) is 5.18. The molecule has 1 aromatic rings. The highest BCUT2D eigenvalue weighted by Gasteiger charge is 2.31. The number of ether oxygens (including phenoxy) is 1. The highest BCUT2D eigenvalue weighted by molar-refractivity contribution is 7.73. The lowest BCUT2D eigenvalue weighted by Crippen LogP contribution is -2.38. The van der Waals surface area contributed by atoms with Gasteiger partial charge in [-0.15, -0.1) is 5.10 Å². The number of alkyl halides is 3. The zero-order valence-electron chi connectivity index (χ0n) is 13.0. The second-order valence-corrected chi connectivity index (χ2v) is 6.80. The van der Waals surface area contributed by atoms with E-state index >= 15 is 0 Å². The van der Waals surface area contributed by atoms with Gasteiger partial charge in [0.25, 0.3) is 0 Å². The van der Waals surface area contributed by atoms with Crippen molar-refractivity contribution in [1.29, 1.82) is 0 Å². The van der Waals surface area contributed by atoms with Crippen LogP contribution in [0.1, 0.15) is 20.8 Å². The van der Waals surface area contributed by atoms with E-state index in [1.165, 1.54) is 9.58 Å². The summed E-state index contributed by atoms with van der Waals surface area (Å²) in [5, 5.41) is 6.59. The lowest BCUT2D eigenvalue weighted by atomic mass is 10.2. The summed E-state index contributed by atoms with van der Waals surface area (Å²) in [6, 6.07) is 0. The first-order valence-corrected chi connectivity index (χ1v) is 8.14. The lowest BCUT2D eigenvalue weighted by Gasteiger charge is -2.24. The van der Waals surface area contributed by atoms with Crippen molar-refractivity contribution in [2.24, 2.45) is 5.92 Å². The molecule has 11 heteroatoms. The third kappa shape index (κ3) is 7.75. The van der Waals surface area contributed by atoms with Crippen LogP contribution >= 0.6 is 23.6 Å². The van der Waals surface area contributed by atoms with Gasteiger partial charge in [0.05, 0.1) is 19.8 Å². The minimum Gasteiger partial charge on any atom is -0.450 e. The smallest absolute Gasteiger partial charge is 0.413 e. The quantitative estimate of drug-likeness (QED) is 0.739. The van der Waals surface area contributed by atoms with Crippen molar-refractivity contribution >= 4 is 34.8 Å². The van der Waals surface area contributed by atoms with Crippen LogP contribution in [-0.2, 0) is 11.4 Å². The van der Waals surface area contributed by atoms with Crippen molar-refractivity contribution in [1.82, 2.24) is 14.7 Å². The van der Waals surface area contributed by atoms with E-state index in [-0.39, 0.29) is 34.8 Å². The Morgan fingerprint density at radius 2 is 2.17 bits per heavy atom. The topological polar surface area (TPSA) is 59.4 Å². The molecular formula is C12H19F3N4O2S2. The van der Waals surface area contributed by atoms with Gasteiger partial charge in [0.2, 0.25) is 5.13 Å². The van der Waals surface area contributed by atoms with Crippen molar-refractivity contribution in [2.45, 2.75) is 33.6 Å². The maximum Gasteiger partial charge on any atom is 0.413 e. The minimum atomic E-state index is -4.31. The molecule has 0 radical (unpaired) electrons. The standard InChI is InChI=1S/C12H19F3N4O2S2/c1-4-21-10(20)16-9-17-19(11(22)23-9)7-18(5-8(2)3)6-12(13,14)15/h8H,4-7H2,1-3H3,(H,16,17,20). The second kappa shape index (κ2) is 8.60. The van der Waals surface area contributed by atoms with Crippen LogP contribution in [-0.4, -0.2) is 46.6 Å². The van der Waals surface area contributed by atoms with Crippen LogP contribution in [0.25, 0.3) is 0 Å². The average molecular weight is 372 g/mol. The fourth-order valence-electron chi connectivity index (χ4n) is 1.83. The van der Waals surface area contributed by atoms with Gasteiger partial charge < -0.3 is 4.74 Å². The molecule has 0 aromatic carbocycles. The number of nitrogens with zero attached hydrogens (tertiary/aromatic N) is 3. The van der Waals surface area contributed by atoms with Gasteiger partial charge in [-0.3, -0.25) is 10.2 Å². The van der Waals surface area contributed by atoms with E-state index in [0.29, 0.717) is 0 Å². The Hall–Kier alpha value is -1.20. The van der Waals surface area contributed by atoms with E-state index in [4.69, 9.17) is 17.0 Å². The third-order valence-corrected chi connectivity index (χ3v) is 3.67. The summed E-state index contributed by atoms with van der Waals surface area (Å²) in [5.74, 6) is 0.0577. The molecule has 1 amide bonds. The van der Waals surface area contributed by atoms with E-state index in [1.807, 2.05) is 13.8 Å². The molecule has 0 aliphatic heterocycles. The fourth-order valence-corrected chi connectivity index (χ4v) is 2.81. The summed E-state index contributed by atoms with van der Waals surface area (Å²) in [7, 11) is 0. The molecule has 0 spiro atoms. The van der Waals surface area contributed by atoms with Crippen molar-refractivity contribution in [2.75, 3.05) is 25.0 Å². The maximum absolute atomic E-state index is 12.7. The Balaban J connectivity index is 2.81. The Bertz CT molecular complexity index is 571. The average Bonchev–Trinajstić information content (AvgIpc) is 2.66. The summed E-state index contributed by atoms with van der Waals surface area (Å²) in [6.07, 6.45) is -4.99. The number of rotatable bonds is 7. The molecule has 0 bridgehead atoms.